The summed E-state index contributed by atoms with van der Waals surface area (Å²) in [5.74, 6) is -0.615. The first-order valence-electron chi connectivity index (χ1n) is 7.45. The highest BCUT2D eigenvalue weighted by atomic mass is 16.4. The second-order valence-electron chi connectivity index (χ2n) is 6.25. The Morgan fingerprint density at radius 1 is 0.900 bits per heavy atom. The summed E-state index contributed by atoms with van der Waals surface area (Å²) in [6.07, 6.45) is 0. The van der Waals surface area contributed by atoms with Gasteiger partial charge in [0.25, 0.3) is 0 Å². The van der Waals surface area contributed by atoms with Gasteiger partial charge in [-0.3, -0.25) is 4.79 Å². The molecule has 0 aromatic carbocycles. The summed E-state index contributed by atoms with van der Waals surface area (Å²) in [7, 11) is 0. The average Bonchev–Trinajstić information content (AvgIpc) is 2.32. The van der Waals surface area contributed by atoms with Crippen molar-refractivity contribution in [2.24, 2.45) is 17.8 Å². The highest BCUT2D eigenvalue weighted by Gasteiger charge is 2.24. The molecule has 0 radical (unpaired) electrons. The molecule has 0 heterocycles. The van der Waals surface area contributed by atoms with Gasteiger partial charge in [-0.2, -0.15) is 0 Å². The minimum absolute atomic E-state index is 0.0528. The largest absolute Gasteiger partial charge is 0.481 e. The Bertz CT molecular complexity index is 306. The van der Waals surface area contributed by atoms with Gasteiger partial charge in [0.05, 0.1) is 5.92 Å². The van der Waals surface area contributed by atoms with Crippen molar-refractivity contribution >= 4 is 12.0 Å². The molecular formula is C15H30N2O3. The first-order chi connectivity index (χ1) is 9.18. The topological polar surface area (TPSA) is 60.9 Å². The summed E-state index contributed by atoms with van der Waals surface area (Å²) >= 11 is 0. The maximum absolute atomic E-state index is 12.6. The van der Waals surface area contributed by atoms with Crippen LogP contribution >= 0.6 is 0 Å². The lowest BCUT2D eigenvalue weighted by Gasteiger charge is -2.33. The molecule has 0 aliphatic rings. The van der Waals surface area contributed by atoms with E-state index in [0.29, 0.717) is 31.5 Å². The molecule has 0 aromatic heterocycles. The molecule has 0 bridgehead atoms. The second-order valence-corrected chi connectivity index (χ2v) is 6.25. The van der Waals surface area contributed by atoms with E-state index in [0.717, 1.165) is 0 Å². The fraction of sp³-hybridized carbons (Fsp3) is 0.867. The molecule has 1 N–H and O–H groups in total. The molecule has 1 unspecified atom stereocenters. The van der Waals surface area contributed by atoms with Crippen LogP contribution in [-0.2, 0) is 4.79 Å². The van der Waals surface area contributed by atoms with Gasteiger partial charge in [0, 0.05) is 26.2 Å². The van der Waals surface area contributed by atoms with Crippen LogP contribution in [-0.4, -0.2) is 53.1 Å². The van der Waals surface area contributed by atoms with Gasteiger partial charge in [-0.25, -0.2) is 4.79 Å². The summed E-state index contributed by atoms with van der Waals surface area (Å²) < 4.78 is 0. The molecule has 0 saturated heterocycles. The standard InChI is InChI=1S/C15H30N2O3/c1-7-16(10-13(6)14(18)19)15(20)17(8-11(2)3)9-12(4)5/h11-13H,7-10H2,1-6H3,(H,18,19). The summed E-state index contributed by atoms with van der Waals surface area (Å²) in [5.41, 5.74) is 0. The van der Waals surface area contributed by atoms with Crippen molar-refractivity contribution in [3.63, 3.8) is 0 Å². The third-order valence-electron chi connectivity index (χ3n) is 3.01. The van der Waals surface area contributed by atoms with Gasteiger partial charge in [-0.1, -0.05) is 34.6 Å². The van der Waals surface area contributed by atoms with Crippen LogP contribution in [0.15, 0.2) is 0 Å². The minimum atomic E-state index is -0.865. The van der Waals surface area contributed by atoms with E-state index in [9.17, 15) is 9.59 Å². The lowest BCUT2D eigenvalue weighted by Crippen LogP contribution is -2.48. The zero-order valence-corrected chi connectivity index (χ0v) is 13.7. The predicted molar refractivity (Wildman–Crippen MR) is 80.7 cm³/mol. The van der Waals surface area contributed by atoms with Crippen molar-refractivity contribution in [2.75, 3.05) is 26.2 Å². The van der Waals surface area contributed by atoms with Crippen molar-refractivity contribution in [3.05, 3.63) is 0 Å². The van der Waals surface area contributed by atoms with Gasteiger partial charge in [0.1, 0.15) is 0 Å². The molecule has 20 heavy (non-hydrogen) atoms. The van der Waals surface area contributed by atoms with Crippen molar-refractivity contribution in [1.29, 1.82) is 0 Å². The number of nitrogens with zero attached hydrogens (tertiary/aromatic N) is 2. The number of hydrogen-bond acceptors (Lipinski definition) is 2. The Hall–Kier alpha value is -1.26. The average molecular weight is 286 g/mol. The number of carboxylic acid groups (broad SMARTS) is 1. The normalized spacial score (nSPS) is 12.6. The van der Waals surface area contributed by atoms with Crippen molar-refractivity contribution in [2.45, 2.75) is 41.5 Å². The summed E-state index contributed by atoms with van der Waals surface area (Å²) in [6, 6.07) is -0.0528. The first kappa shape index (κ1) is 18.7. The molecular weight excluding hydrogens is 256 g/mol. The first-order valence-corrected chi connectivity index (χ1v) is 7.45. The highest BCUT2D eigenvalue weighted by Crippen LogP contribution is 2.10. The van der Waals surface area contributed by atoms with Crippen LogP contribution in [0.4, 0.5) is 4.79 Å². The van der Waals surface area contributed by atoms with E-state index in [4.69, 9.17) is 5.11 Å². The fourth-order valence-corrected chi connectivity index (χ4v) is 2.06. The Morgan fingerprint density at radius 2 is 1.35 bits per heavy atom. The molecule has 2 amide bonds. The number of carbonyl (C=O) groups is 2. The van der Waals surface area contributed by atoms with Crippen LogP contribution < -0.4 is 0 Å². The van der Waals surface area contributed by atoms with Crippen LogP contribution in [0, 0.1) is 17.8 Å². The van der Waals surface area contributed by atoms with Crippen LogP contribution in [0.5, 0.6) is 0 Å². The van der Waals surface area contributed by atoms with E-state index in [1.807, 2.05) is 11.8 Å². The number of urea groups is 1. The zero-order valence-electron chi connectivity index (χ0n) is 13.7. The molecule has 0 aromatic rings. The third kappa shape index (κ3) is 6.78. The fourth-order valence-electron chi connectivity index (χ4n) is 2.06. The zero-order chi connectivity index (χ0) is 15.9. The molecule has 0 aliphatic heterocycles. The van der Waals surface area contributed by atoms with Crippen LogP contribution in [0.25, 0.3) is 0 Å². The molecule has 0 fully saturated rings. The SMILES string of the molecule is CCN(CC(C)C(=O)O)C(=O)N(CC(C)C)CC(C)C. The van der Waals surface area contributed by atoms with E-state index < -0.39 is 11.9 Å². The maximum atomic E-state index is 12.6. The minimum Gasteiger partial charge on any atom is -0.481 e. The van der Waals surface area contributed by atoms with Crippen molar-refractivity contribution in [1.82, 2.24) is 9.80 Å². The Morgan fingerprint density at radius 3 is 1.65 bits per heavy atom. The number of hydrogen-bond donors (Lipinski definition) is 1. The van der Waals surface area contributed by atoms with Gasteiger partial charge in [-0.05, 0) is 18.8 Å². The smallest absolute Gasteiger partial charge is 0.320 e. The van der Waals surface area contributed by atoms with Crippen LogP contribution in [0.3, 0.4) is 0 Å². The molecule has 0 spiro atoms. The summed E-state index contributed by atoms with van der Waals surface area (Å²) in [4.78, 5) is 27.0. The summed E-state index contributed by atoms with van der Waals surface area (Å²) in [5, 5.41) is 8.99. The van der Waals surface area contributed by atoms with Gasteiger partial charge in [-0.15, -0.1) is 0 Å². The quantitative estimate of drug-likeness (QED) is 0.746. The monoisotopic (exact) mass is 286 g/mol. The van der Waals surface area contributed by atoms with E-state index in [1.54, 1.807) is 11.8 Å². The molecule has 0 saturated carbocycles. The third-order valence-corrected chi connectivity index (χ3v) is 3.01. The van der Waals surface area contributed by atoms with Crippen molar-refractivity contribution < 1.29 is 14.7 Å². The Balaban J connectivity index is 4.84. The lowest BCUT2D eigenvalue weighted by atomic mass is 10.1. The van der Waals surface area contributed by atoms with E-state index in [2.05, 4.69) is 27.7 Å². The van der Waals surface area contributed by atoms with E-state index in [1.165, 1.54) is 0 Å². The number of aliphatic carboxylic acids is 1. The van der Waals surface area contributed by atoms with Gasteiger partial charge in [0.15, 0.2) is 0 Å². The second kappa shape index (κ2) is 8.82. The number of rotatable bonds is 8. The Labute approximate surface area is 122 Å². The molecule has 5 nitrogen and oxygen atoms in total. The molecule has 0 rings (SSSR count). The van der Waals surface area contributed by atoms with Gasteiger partial charge >= 0.3 is 12.0 Å². The predicted octanol–water partition coefficient (Wildman–Crippen LogP) is 2.76. The molecule has 0 aliphatic carbocycles. The van der Waals surface area contributed by atoms with E-state index in [-0.39, 0.29) is 12.6 Å². The molecule has 118 valence electrons. The van der Waals surface area contributed by atoms with Crippen LogP contribution in [0.2, 0.25) is 0 Å². The maximum Gasteiger partial charge on any atom is 0.320 e. The molecule has 1 atom stereocenters. The van der Waals surface area contributed by atoms with Crippen molar-refractivity contribution in [3.8, 4) is 0 Å². The molecule has 5 heteroatoms. The van der Waals surface area contributed by atoms with E-state index >= 15 is 0 Å². The van der Waals surface area contributed by atoms with Gasteiger partial charge < -0.3 is 14.9 Å². The number of carboxylic acids is 1. The van der Waals surface area contributed by atoms with Gasteiger partial charge in [0.2, 0.25) is 0 Å². The lowest BCUT2D eigenvalue weighted by molar-refractivity contribution is -0.141. The summed E-state index contributed by atoms with van der Waals surface area (Å²) in [6.45, 7) is 14.0. The number of carbonyl (C=O) groups excluding carboxylic acids is 1. The Kier molecular flexibility index (Phi) is 8.26. The number of amides is 2. The highest BCUT2D eigenvalue weighted by molar-refractivity contribution is 5.76. The van der Waals surface area contributed by atoms with Crippen LogP contribution in [0.1, 0.15) is 41.5 Å².